The van der Waals surface area contributed by atoms with Crippen molar-refractivity contribution < 1.29 is 19.8 Å². The van der Waals surface area contributed by atoms with Crippen molar-refractivity contribution in [2.75, 3.05) is 13.2 Å². The number of benzene rings is 3. The molecule has 2 atom stereocenters. The minimum Gasteiger partial charge on any atom is -0.394 e. The summed E-state index contributed by atoms with van der Waals surface area (Å²) in [6, 6.07) is 21.1. The predicted molar refractivity (Wildman–Crippen MR) is 160 cm³/mol. The second kappa shape index (κ2) is 11.6. The van der Waals surface area contributed by atoms with Gasteiger partial charge in [-0.25, -0.2) is 0 Å². The predicted octanol–water partition coefficient (Wildman–Crippen LogP) is 4.00. The van der Waals surface area contributed by atoms with Gasteiger partial charge in [0.15, 0.2) is 0 Å². The molecule has 0 radical (unpaired) electrons. The van der Waals surface area contributed by atoms with Gasteiger partial charge in [0.1, 0.15) is 5.69 Å². The number of fused-ring (bicyclic) bond motifs is 2. The van der Waals surface area contributed by atoms with E-state index in [1.54, 1.807) is 23.1 Å². The molecule has 0 unspecified atom stereocenters. The lowest BCUT2D eigenvalue weighted by Gasteiger charge is -2.37. The molecule has 2 aromatic heterocycles. The SMILES string of the molecule is NC(=O)c1[nH]c2ccccc2c1C[C@H](CO)N(C(=O)c1cccc(I)c1)[C@@H](CO)Cc1c[nH]c2ccccc12. The lowest BCUT2D eigenvalue weighted by molar-refractivity contribution is 0.0345. The lowest BCUT2D eigenvalue weighted by Crippen LogP contribution is -2.52. The van der Waals surface area contributed by atoms with E-state index in [2.05, 4.69) is 32.6 Å². The van der Waals surface area contributed by atoms with E-state index in [1.807, 2.05) is 60.8 Å². The van der Waals surface area contributed by atoms with Gasteiger partial charge >= 0.3 is 0 Å². The standard InChI is InChI=1S/C30H29IN4O4/c31-20-7-5-6-18(12-20)30(39)35(21(16-36)13-19-15-33-26-10-3-1-8-23(19)26)22(17-37)14-25-24-9-2-4-11-27(24)34-28(25)29(32)38/h1-12,15,21-22,33-34,36-37H,13-14,16-17H2,(H2,32,38)/t21-,22-/m1/s1. The highest BCUT2D eigenvalue weighted by molar-refractivity contribution is 14.1. The van der Waals surface area contributed by atoms with E-state index in [1.165, 1.54) is 0 Å². The van der Waals surface area contributed by atoms with Gasteiger partial charge in [0.25, 0.3) is 11.8 Å². The normalized spacial score (nSPS) is 13.0. The molecule has 0 aliphatic heterocycles. The fourth-order valence-electron chi connectivity index (χ4n) is 5.31. The molecular formula is C30H29IN4O4. The van der Waals surface area contributed by atoms with Gasteiger partial charge in [-0.05, 0) is 76.9 Å². The first-order chi connectivity index (χ1) is 18.9. The Morgan fingerprint density at radius 3 is 2.23 bits per heavy atom. The number of halogens is 1. The van der Waals surface area contributed by atoms with Crippen molar-refractivity contribution in [1.82, 2.24) is 14.9 Å². The Morgan fingerprint density at radius 2 is 1.54 bits per heavy atom. The van der Waals surface area contributed by atoms with Crippen LogP contribution in [0.15, 0.2) is 79.0 Å². The highest BCUT2D eigenvalue weighted by atomic mass is 127. The van der Waals surface area contributed by atoms with Crippen molar-refractivity contribution in [3.8, 4) is 0 Å². The second-order valence-corrected chi connectivity index (χ2v) is 10.8. The highest BCUT2D eigenvalue weighted by Crippen LogP contribution is 2.28. The number of carbonyl (C=O) groups excluding carboxylic acids is 2. The van der Waals surface area contributed by atoms with Crippen LogP contribution in [0.5, 0.6) is 0 Å². The number of aliphatic hydroxyl groups excluding tert-OH is 2. The van der Waals surface area contributed by atoms with Gasteiger partial charge < -0.3 is 30.8 Å². The number of para-hydroxylation sites is 2. The molecular weight excluding hydrogens is 607 g/mol. The maximum atomic E-state index is 14.1. The Morgan fingerprint density at radius 1 is 0.872 bits per heavy atom. The van der Waals surface area contributed by atoms with Crippen LogP contribution >= 0.6 is 22.6 Å². The lowest BCUT2D eigenvalue weighted by atomic mass is 9.96. The number of carbonyl (C=O) groups is 2. The summed E-state index contributed by atoms with van der Waals surface area (Å²) in [5.74, 6) is -0.933. The molecule has 39 heavy (non-hydrogen) atoms. The van der Waals surface area contributed by atoms with Gasteiger partial charge in [-0.1, -0.05) is 42.5 Å². The number of rotatable bonds is 10. The molecule has 5 aromatic rings. The molecule has 0 bridgehead atoms. The number of amides is 2. The Bertz CT molecular complexity index is 1640. The molecule has 9 heteroatoms. The summed E-state index contributed by atoms with van der Waals surface area (Å²) in [4.78, 5) is 34.4. The Balaban J connectivity index is 1.58. The first kappa shape index (κ1) is 26.9. The molecule has 0 spiro atoms. The molecule has 8 nitrogen and oxygen atoms in total. The second-order valence-electron chi connectivity index (χ2n) is 9.55. The number of nitrogens with zero attached hydrogens (tertiary/aromatic N) is 1. The molecule has 200 valence electrons. The molecule has 5 rings (SSSR count). The van der Waals surface area contributed by atoms with E-state index in [-0.39, 0.29) is 31.2 Å². The minimum absolute atomic E-state index is 0.166. The van der Waals surface area contributed by atoms with Crippen molar-refractivity contribution in [2.45, 2.75) is 24.9 Å². The summed E-state index contributed by atoms with van der Waals surface area (Å²) in [6.45, 7) is -0.694. The van der Waals surface area contributed by atoms with Crippen LogP contribution in [0.1, 0.15) is 32.0 Å². The van der Waals surface area contributed by atoms with E-state index in [4.69, 9.17) is 5.73 Å². The molecule has 0 saturated heterocycles. The monoisotopic (exact) mass is 636 g/mol. The maximum absolute atomic E-state index is 14.1. The van der Waals surface area contributed by atoms with E-state index >= 15 is 0 Å². The molecule has 0 aliphatic rings. The van der Waals surface area contributed by atoms with Crippen LogP contribution in [-0.4, -0.2) is 62.2 Å². The van der Waals surface area contributed by atoms with Gasteiger partial charge in [0.05, 0.1) is 25.3 Å². The maximum Gasteiger partial charge on any atom is 0.265 e. The quantitative estimate of drug-likeness (QED) is 0.148. The van der Waals surface area contributed by atoms with Crippen LogP contribution in [0.3, 0.4) is 0 Å². The number of aromatic nitrogens is 2. The molecule has 0 aliphatic carbocycles. The summed E-state index contributed by atoms with van der Waals surface area (Å²) in [5.41, 5.74) is 9.69. The van der Waals surface area contributed by atoms with Crippen molar-refractivity contribution >= 4 is 56.2 Å². The third kappa shape index (κ3) is 5.42. The number of hydrogen-bond acceptors (Lipinski definition) is 4. The zero-order valence-corrected chi connectivity index (χ0v) is 23.3. The van der Waals surface area contributed by atoms with Crippen molar-refractivity contribution in [1.29, 1.82) is 0 Å². The van der Waals surface area contributed by atoms with Crippen LogP contribution in [0.25, 0.3) is 21.8 Å². The van der Waals surface area contributed by atoms with Crippen LogP contribution in [0.4, 0.5) is 0 Å². The van der Waals surface area contributed by atoms with Gasteiger partial charge in [-0.3, -0.25) is 9.59 Å². The van der Waals surface area contributed by atoms with E-state index in [0.717, 1.165) is 30.9 Å². The molecule has 0 fully saturated rings. The molecule has 0 saturated carbocycles. The van der Waals surface area contributed by atoms with Crippen molar-refractivity contribution in [2.24, 2.45) is 5.73 Å². The average Bonchev–Trinajstić information content (AvgIpc) is 3.53. The third-order valence-electron chi connectivity index (χ3n) is 7.14. The summed E-state index contributed by atoms with van der Waals surface area (Å²) in [5, 5.41) is 23.1. The Kier molecular flexibility index (Phi) is 8.01. The molecule has 2 amide bonds. The van der Waals surface area contributed by atoms with Crippen LogP contribution in [0, 0.1) is 3.57 Å². The largest absolute Gasteiger partial charge is 0.394 e. The third-order valence-corrected chi connectivity index (χ3v) is 7.82. The number of nitrogens with one attached hydrogen (secondary N) is 2. The van der Waals surface area contributed by atoms with Gasteiger partial charge in [-0.15, -0.1) is 0 Å². The van der Waals surface area contributed by atoms with E-state index < -0.39 is 18.0 Å². The summed E-state index contributed by atoms with van der Waals surface area (Å²) >= 11 is 2.15. The molecule has 3 aromatic carbocycles. The summed E-state index contributed by atoms with van der Waals surface area (Å²) in [7, 11) is 0. The number of H-pyrrole nitrogens is 2. The van der Waals surface area contributed by atoms with Crippen LogP contribution < -0.4 is 5.73 Å². The van der Waals surface area contributed by atoms with Crippen LogP contribution in [0.2, 0.25) is 0 Å². The topological polar surface area (TPSA) is 135 Å². The number of hydrogen-bond donors (Lipinski definition) is 5. The summed E-state index contributed by atoms with van der Waals surface area (Å²) < 4.78 is 0.892. The highest BCUT2D eigenvalue weighted by Gasteiger charge is 2.33. The first-order valence-electron chi connectivity index (χ1n) is 12.7. The van der Waals surface area contributed by atoms with Crippen molar-refractivity contribution in [3.05, 3.63) is 105 Å². The number of primary amides is 1. The van der Waals surface area contributed by atoms with E-state index in [9.17, 15) is 19.8 Å². The zero-order chi connectivity index (χ0) is 27.5. The van der Waals surface area contributed by atoms with Crippen LogP contribution in [-0.2, 0) is 12.8 Å². The zero-order valence-electron chi connectivity index (χ0n) is 21.1. The average molecular weight is 636 g/mol. The smallest absolute Gasteiger partial charge is 0.265 e. The molecule has 2 heterocycles. The minimum atomic E-state index is -0.741. The summed E-state index contributed by atoms with van der Waals surface area (Å²) in [6.07, 6.45) is 2.42. The van der Waals surface area contributed by atoms with E-state index in [0.29, 0.717) is 17.5 Å². The fourth-order valence-corrected chi connectivity index (χ4v) is 5.86. The van der Waals surface area contributed by atoms with Gasteiger partial charge in [-0.2, -0.15) is 0 Å². The Hall–Kier alpha value is -3.67. The van der Waals surface area contributed by atoms with Gasteiger partial charge in [0, 0.05) is 37.1 Å². The molecule has 6 N–H and O–H groups in total. The van der Waals surface area contributed by atoms with Crippen molar-refractivity contribution in [3.63, 3.8) is 0 Å². The fraction of sp³-hybridized carbons (Fsp3) is 0.200. The number of aromatic amines is 2. The Labute approximate surface area is 239 Å². The number of aliphatic hydroxyl groups is 2. The first-order valence-corrected chi connectivity index (χ1v) is 13.7. The number of nitrogens with two attached hydrogens (primary N) is 1. The van der Waals surface area contributed by atoms with Gasteiger partial charge in [0.2, 0.25) is 0 Å².